The third-order valence-electron chi connectivity index (χ3n) is 2.86. The highest BCUT2D eigenvalue weighted by Gasteiger charge is 2.35. The van der Waals surface area contributed by atoms with Crippen LogP contribution in [0.4, 0.5) is 10.5 Å². The molecule has 0 aliphatic carbocycles. The highest BCUT2D eigenvalue weighted by Crippen LogP contribution is 2.22. The number of aliphatic carboxylic acids is 1. The number of hydrogen-bond acceptors (Lipinski definition) is 3. The number of carbonyl (C=O) groups is 2. The van der Waals surface area contributed by atoms with Gasteiger partial charge in [-0.3, -0.25) is 4.79 Å². The van der Waals surface area contributed by atoms with Gasteiger partial charge in [0, 0.05) is 23.2 Å². The lowest BCUT2D eigenvalue weighted by Gasteiger charge is -2.36. The van der Waals surface area contributed by atoms with Crippen molar-refractivity contribution in [2.24, 2.45) is 5.92 Å². The molecule has 1 aliphatic rings. The van der Waals surface area contributed by atoms with Crippen LogP contribution in [0.3, 0.4) is 0 Å². The summed E-state index contributed by atoms with van der Waals surface area (Å²) in [5, 5.41) is 20.1. The number of carboxylic acid groups (broad SMARTS) is 1. The molecule has 0 atom stereocenters. The molecular weight excluding hydrogens is 314 g/mol. The number of likely N-dealkylation sites (tertiary alicyclic amines) is 1. The van der Waals surface area contributed by atoms with E-state index in [0.29, 0.717) is 15.7 Å². The number of nitriles is 1. The molecule has 1 heterocycles. The molecule has 7 heteroatoms. The van der Waals surface area contributed by atoms with Gasteiger partial charge in [0.25, 0.3) is 0 Å². The van der Waals surface area contributed by atoms with Crippen LogP contribution in [0, 0.1) is 17.2 Å². The van der Waals surface area contributed by atoms with Gasteiger partial charge < -0.3 is 15.3 Å². The molecule has 1 fully saturated rings. The summed E-state index contributed by atoms with van der Waals surface area (Å²) in [6, 6.07) is 6.51. The monoisotopic (exact) mass is 323 g/mol. The summed E-state index contributed by atoms with van der Waals surface area (Å²) in [5.74, 6) is -1.36. The van der Waals surface area contributed by atoms with Gasteiger partial charge in [-0.1, -0.05) is 0 Å². The number of benzene rings is 1. The third kappa shape index (κ3) is 2.85. The van der Waals surface area contributed by atoms with E-state index in [9.17, 15) is 9.59 Å². The number of nitrogens with one attached hydrogen (secondary N) is 1. The van der Waals surface area contributed by atoms with E-state index in [-0.39, 0.29) is 19.1 Å². The number of hydrogen-bond donors (Lipinski definition) is 2. The number of carbonyl (C=O) groups excluding carboxylic acids is 1. The molecule has 2 amide bonds. The molecular formula is C12H10BrN3O3. The minimum absolute atomic E-state index is 0.221. The maximum atomic E-state index is 11.8. The smallest absolute Gasteiger partial charge is 0.321 e. The molecule has 0 saturated carbocycles. The summed E-state index contributed by atoms with van der Waals surface area (Å²) >= 11 is 3.23. The van der Waals surface area contributed by atoms with E-state index in [1.54, 1.807) is 18.2 Å². The maximum absolute atomic E-state index is 11.8. The van der Waals surface area contributed by atoms with Gasteiger partial charge in [-0.05, 0) is 34.1 Å². The molecule has 19 heavy (non-hydrogen) atoms. The lowest BCUT2D eigenvalue weighted by atomic mass is 10.0. The summed E-state index contributed by atoms with van der Waals surface area (Å²) in [5.41, 5.74) is 1.03. The van der Waals surface area contributed by atoms with E-state index >= 15 is 0 Å². The fourth-order valence-corrected chi connectivity index (χ4v) is 2.15. The van der Waals surface area contributed by atoms with Crippen molar-refractivity contribution in [3.63, 3.8) is 0 Å². The molecule has 0 unspecified atom stereocenters. The van der Waals surface area contributed by atoms with Crippen LogP contribution in [0.25, 0.3) is 0 Å². The Hall–Kier alpha value is -2.07. The lowest BCUT2D eigenvalue weighted by molar-refractivity contribution is -0.145. The van der Waals surface area contributed by atoms with Crippen molar-refractivity contribution < 1.29 is 14.7 Å². The molecule has 0 aromatic heterocycles. The number of halogens is 1. The van der Waals surface area contributed by atoms with Crippen LogP contribution in [0.5, 0.6) is 0 Å². The quantitative estimate of drug-likeness (QED) is 0.868. The zero-order valence-corrected chi connectivity index (χ0v) is 11.3. The molecule has 1 aliphatic heterocycles. The predicted molar refractivity (Wildman–Crippen MR) is 70.6 cm³/mol. The van der Waals surface area contributed by atoms with Gasteiger partial charge >= 0.3 is 12.0 Å². The Morgan fingerprint density at radius 3 is 2.68 bits per heavy atom. The Balaban J connectivity index is 1.95. The van der Waals surface area contributed by atoms with Crippen LogP contribution < -0.4 is 5.32 Å². The molecule has 2 rings (SSSR count). The largest absolute Gasteiger partial charge is 0.481 e. The first-order chi connectivity index (χ1) is 9.01. The van der Waals surface area contributed by atoms with Gasteiger partial charge in [0.05, 0.1) is 11.5 Å². The Kier molecular flexibility index (Phi) is 3.71. The molecule has 1 aromatic carbocycles. The van der Waals surface area contributed by atoms with Crippen molar-refractivity contribution in [1.82, 2.24) is 4.90 Å². The average molecular weight is 324 g/mol. The molecule has 98 valence electrons. The Bertz CT molecular complexity index is 576. The van der Waals surface area contributed by atoms with Gasteiger partial charge in [-0.15, -0.1) is 0 Å². The normalized spacial score (nSPS) is 14.4. The first kappa shape index (κ1) is 13.4. The molecule has 6 nitrogen and oxygen atoms in total. The number of carboxylic acids is 1. The Labute approximate surface area is 117 Å². The summed E-state index contributed by atoms with van der Waals surface area (Å²) in [6.45, 7) is 0.442. The topological polar surface area (TPSA) is 93.4 Å². The number of rotatable bonds is 2. The van der Waals surface area contributed by atoms with Gasteiger partial charge in [-0.2, -0.15) is 5.26 Å². The van der Waals surface area contributed by atoms with Crippen LogP contribution >= 0.6 is 15.9 Å². The van der Waals surface area contributed by atoms with Crippen LogP contribution in [0.2, 0.25) is 0 Å². The SMILES string of the molecule is N#Cc1ccc(NC(=O)N2CC(C(=O)O)C2)cc1Br. The van der Waals surface area contributed by atoms with Gasteiger partial charge in [0.15, 0.2) is 0 Å². The van der Waals surface area contributed by atoms with Gasteiger partial charge in [0.1, 0.15) is 6.07 Å². The molecule has 2 N–H and O–H groups in total. The average Bonchev–Trinajstić information content (AvgIpc) is 2.26. The number of nitrogens with zero attached hydrogens (tertiary/aromatic N) is 2. The summed E-state index contributed by atoms with van der Waals surface area (Å²) in [4.78, 5) is 23.8. The van der Waals surface area contributed by atoms with Gasteiger partial charge in [0.2, 0.25) is 0 Å². The van der Waals surface area contributed by atoms with Crippen molar-refractivity contribution in [3.8, 4) is 6.07 Å². The van der Waals surface area contributed by atoms with E-state index < -0.39 is 11.9 Å². The summed E-state index contributed by atoms with van der Waals surface area (Å²) in [7, 11) is 0. The third-order valence-corrected chi connectivity index (χ3v) is 3.51. The maximum Gasteiger partial charge on any atom is 0.321 e. The highest BCUT2D eigenvalue weighted by atomic mass is 79.9. The zero-order chi connectivity index (χ0) is 14.0. The Morgan fingerprint density at radius 2 is 2.16 bits per heavy atom. The second-order valence-corrected chi connectivity index (χ2v) is 5.03. The van der Waals surface area contributed by atoms with Crippen molar-refractivity contribution in [2.75, 3.05) is 18.4 Å². The standard InChI is InChI=1S/C12H10BrN3O3/c13-10-3-9(2-1-7(10)4-14)15-12(19)16-5-8(6-16)11(17)18/h1-3,8H,5-6H2,(H,15,19)(H,17,18). The molecule has 0 bridgehead atoms. The molecule has 0 radical (unpaired) electrons. The van der Waals surface area contributed by atoms with Crippen molar-refractivity contribution in [3.05, 3.63) is 28.2 Å². The van der Waals surface area contributed by atoms with E-state index in [4.69, 9.17) is 10.4 Å². The summed E-state index contributed by atoms with van der Waals surface area (Å²) < 4.78 is 0.597. The molecule has 0 spiro atoms. The first-order valence-corrected chi connectivity index (χ1v) is 6.29. The highest BCUT2D eigenvalue weighted by molar-refractivity contribution is 9.10. The van der Waals surface area contributed by atoms with Crippen LogP contribution in [0.15, 0.2) is 22.7 Å². The van der Waals surface area contributed by atoms with Crippen LogP contribution in [0.1, 0.15) is 5.56 Å². The second-order valence-electron chi connectivity index (χ2n) is 4.18. The van der Waals surface area contributed by atoms with E-state index in [1.807, 2.05) is 6.07 Å². The zero-order valence-electron chi connectivity index (χ0n) is 9.76. The fraction of sp³-hybridized carbons (Fsp3) is 0.250. The minimum Gasteiger partial charge on any atom is -0.481 e. The van der Waals surface area contributed by atoms with E-state index in [1.165, 1.54) is 4.90 Å². The minimum atomic E-state index is -0.884. The van der Waals surface area contributed by atoms with Crippen molar-refractivity contribution >= 4 is 33.6 Å². The first-order valence-electron chi connectivity index (χ1n) is 5.49. The number of urea groups is 1. The second kappa shape index (κ2) is 5.28. The predicted octanol–water partition coefficient (Wildman–Crippen LogP) is 1.87. The fourth-order valence-electron chi connectivity index (χ4n) is 1.69. The number of amides is 2. The summed E-state index contributed by atoms with van der Waals surface area (Å²) in [6.07, 6.45) is 0. The Morgan fingerprint density at radius 1 is 1.47 bits per heavy atom. The van der Waals surface area contributed by atoms with Crippen LogP contribution in [-0.4, -0.2) is 35.1 Å². The van der Waals surface area contributed by atoms with E-state index in [0.717, 1.165) is 0 Å². The van der Waals surface area contributed by atoms with E-state index in [2.05, 4.69) is 21.2 Å². The van der Waals surface area contributed by atoms with Crippen molar-refractivity contribution in [2.45, 2.75) is 0 Å². The molecule has 1 saturated heterocycles. The van der Waals surface area contributed by atoms with Crippen molar-refractivity contribution in [1.29, 1.82) is 5.26 Å². The molecule has 1 aromatic rings. The van der Waals surface area contributed by atoms with Crippen LogP contribution in [-0.2, 0) is 4.79 Å². The van der Waals surface area contributed by atoms with Gasteiger partial charge in [-0.25, -0.2) is 4.79 Å². The lowest BCUT2D eigenvalue weighted by Crippen LogP contribution is -2.54. The number of anilines is 1.